The van der Waals surface area contributed by atoms with E-state index in [0.29, 0.717) is 23.0 Å². The van der Waals surface area contributed by atoms with Gasteiger partial charge in [-0.15, -0.1) is 0 Å². The molecule has 0 aliphatic rings. The maximum absolute atomic E-state index is 12.3. The zero-order valence-electron chi connectivity index (χ0n) is 15.2. The van der Waals surface area contributed by atoms with Crippen LogP contribution in [0.1, 0.15) is 5.56 Å². The summed E-state index contributed by atoms with van der Waals surface area (Å²) < 4.78 is 27.2. The van der Waals surface area contributed by atoms with E-state index in [4.69, 9.17) is 0 Å². The molecule has 0 bridgehead atoms. The summed E-state index contributed by atoms with van der Waals surface area (Å²) in [6.45, 7) is 0.328. The number of hydrogen-bond acceptors (Lipinski definition) is 6. The highest BCUT2D eigenvalue weighted by molar-refractivity contribution is 7.92. The van der Waals surface area contributed by atoms with Gasteiger partial charge in [0.2, 0.25) is 15.9 Å². The van der Waals surface area contributed by atoms with E-state index >= 15 is 0 Å². The molecule has 144 valence electrons. The monoisotopic (exact) mass is 398 g/mol. The summed E-state index contributed by atoms with van der Waals surface area (Å²) >= 11 is 0. The number of fused-ring (bicyclic) bond motifs is 2. The Morgan fingerprint density at radius 2 is 1.82 bits per heavy atom. The molecular weight excluding hydrogens is 380 g/mol. The van der Waals surface area contributed by atoms with Gasteiger partial charge in [0.15, 0.2) is 5.75 Å². The van der Waals surface area contributed by atoms with Crippen LogP contribution in [0.25, 0.3) is 21.7 Å². The van der Waals surface area contributed by atoms with Gasteiger partial charge in [-0.3, -0.25) is 14.3 Å². The van der Waals surface area contributed by atoms with Gasteiger partial charge in [-0.1, -0.05) is 0 Å². The molecule has 0 spiro atoms. The molecule has 1 aromatic carbocycles. The molecule has 0 saturated heterocycles. The van der Waals surface area contributed by atoms with Crippen LogP contribution >= 0.6 is 0 Å². The SMILES string of the molecule is CN(c1c2cccnc2c(O)c2c(O)n(Cc3ccncc3)cc12)S(C)(=O)=O. The Balaban J connectivity index is 2.07. The number of benzene rings is 1. The largest absolute Gasteiger partial charge is 0.505 e. The van der Waals surface area contributed by atoms with Gasteiger partial charge < -0.3 is 14.8 Å². The molecule has 0 amide bonds. The molecule has 0 aliphatic heterocycles. The first-order valence-corrected chi connectivity index (χ1v) is 10.3. The van der Waals surface area contributed by atoms with Crippen molar-refractivity contribution in [2.24, 2.45) is 0 Å². The first kappa shape index (κ1) is 18.1. The first-order chi connectivity index (χ1) is 13.3. The van der Waals surface area contributed by atoms with Crippen molar-refractivity contribution in [3.8, 4) is 11.6 Å². The van der Waals surface area contributed by atoms with Gasteiger partial charge in [-0.2, -0.15) is 0 Å². The number of aromatic nitrogens is 3. The topological polar surface area (TPSA) is 109 Å². The zero-order valence-corrected chi connectivity index (χ0v) is 16.1. The minimum atomic E-state index is -3.59. The second-order valence-electron chi connectivity index (χ2n) is 6.55. The molecule has 3 heterocycles. The smallest absolute Gasteiger partial charge is 0.232 e. The molecule has 0 aliphatic carbocycles. The predicted molar refractivity (Wildman–Crippen MR) is 107 cm³/mol. The van der Waals surface area contributed by atoms with Crippen LogP contribution in [0, 0.1) is 0 Å². The Morgan fingerprint density at radius 1 is 1.11 bits per heavy atom. The fourth-order valence-corrected chi connectivity index (χ4v) is 3.85. The second-order valence-corrected chi connectivity index (χ2v) is 8.57. The van der Waals surface area contributed by atoms with Crippen LogP contribution in [-0.2, 0) is 16.6 Å². The Labute approximate surface area is 161 Å². The van der Waals surface area contributed by atoms with Crippen LogP contribution < -0.4 is 4.31 Å². The number of hydrogen-bond donors (Lipinski definition) is 2. The molecule has 2 N–H and O–H groups in total. The third-order valence-corrected chi connectivity index (χ3v) is 5.92. The summed E-state index contributed by atoms with van der Waals surface area (Å²) in [4.78, 5) is 8.16. The van der Waals surface area contributed by atoms with E-state index in [9.17, 15) is 18.6 Å². The third-order valence-electron chi connectivity index (χ3n) is 4.74. The number of sulfonamides is 1. The number of rotatable bonds is 4. The van der Waals surface area contributed by atoms with E-state index in [0.717, 1.165) is 16.1 Å². The average Bonchev–Trinajstić information content (AvgIpc) is 2.98. The van der Waals surface area contributed by atoms with Crippen molar-refractivity contribution in [2.45, 2.75) is 6.54 Å². The summed E-state index contributed by atoms with van der Waals surface area (Å²) in [6.07, 6.45) is 7.53. The molecule has 9 heteroatoms. The van der Waals surface area contributed by atoms with Crippen LogP contribution in [-0.4, -0.2) is 46.5 Å². The zero-order chi connectivity index (χ0) is 20.1. The Kier molecular flexibility index (Phi) is 4.11. The van der Waals surface area contributed by atoms with Crippen LogP contribution in [0.3, 0.4) is 0 Å². The average molecular weight is 398 g/mol. The van der Waals surface area contributed by atoms with Crippen LogP contribution in [0.5, 0.6) is 11.6 Å². The highest BCUT2D eigenvalue weighted by Gasteiger charge is 2.25. The minimum absolute atomic E-state index is 0.158. The highest BCUT2D eigenvalue weighted by Crippen LogP contribution is 2.46. The minimum Gasteiger partial charge on any atom is -0.505 e. The summed E-state index contributed by atoms with van der Waals surface area (Å²) in [5.74, 6) is -0.359. The normalized spacial score (nSPS) is 11.9. The van der Waals surface area contributed by atoms with Gasteiger partial charge in [0.1, 0.15) is 5.52 Å². The van der Waals surface area contributed by atoms with Crippen LogP contribution in [0.4, 0.5) is 5.69 Å². The highest BCUT2D eigenvalue weighted by atomic mass is 32.2. The fraction of sp³-hybridized carbons (Fsp3) is 0.158. The summed E-state index contributed by atoms with van der Waals surface area (Å²) in [5.41, 5.74) is 1.46. The molecule has 0 atom stereocenters. The van der Waals surface area contributed by atoms with Gasteiger partial charge in [0.05, 0.1) is 23.9 Å². The lowest BCUT2D eigenvalue weighted by Gasteiger charge is -2.20. The van der Waals surface area contributed by atoms with Gasteiger partial charge in [0.25, 0.3) is 0 Å². The van der Waals surface area contributed by atoms with E-state index in [1.54, 1.807) is 35.3 Å². The van der Waals surface area contributed by atoms with Crippen molar-refractivity contribution in [1.29, 1.82) is 0 Å². The summed E-state index contributed by atoms with van der Waals surface area (Å²) in [6, 6.07) is 6.98. The van der Waals surface area contributed by atoms with Gasteiger partial charge >= 0.3 is 0 Å². The molecule has 4 rings (SSSR count). The Hall–Kier alpha value is -3.33. The maximum Gasteiger partial charge on any atom is 0.232 e. The quantitative estimate of drug-likeness (QED) is 0.547. The number of anilines is 1. The Bertz CT molecular complexity index is 1300. The molecule has 3 aromatic heterocycles. The van der Waals surface area contributed by atoms with E-state index in [2.05, 4.69) is 9.97 Å². The van der Waals surface area contributed by atoms with Crippen molar-refractivity contribution in [1.82, 2.24) is 14.5 Å². The summed E-state index contributed by atoms with van der Waals surface area (Å²) in [7, 11) is -2.15. The Morgan fingerprint density at radius 3 is 2.50 bits per heavy atom. The van der Waals surface area contributed by atoms with Crippen molar-refractivity contribution in [3.63, 3.8) is 0 Å². The maximum atomic E-state index is 12.3. The number of aromatic hydroxyl groups is 2. The van der Waals surface area contributed by atoms with Crippen molar-refractivity contribution < 1.29 is 18.6 Å². The number of nitrogens with zero attached hydrogens (tertiary/aromatic N) is 4. The van der Waals surface area contributed by atoms with Crippen molar-refractivity contribution >= 4 is 37.4 Å². The molecular formula is C19H18N4O4S. The van der Waals surface area contributed by atoms with Gasteiger partial charge in [-0.05, 0) is 29.8 Å². The lowest BCUT2D eigenvalue weighted by atomic mass is 10.1. The van der Waals surface area contributed by atoms with E-state index in [1.165, 1.54) is 13.2 Å². The van der Waals surface area contributed by atoms with Crippen molar-refractivity contribution in [3.05, 3.63) is 54.6 Å². The van der Waals surface area contributed by atoms with Crippen LogP contribution in [0.15, 0.2) is 49.1 Å². The van der Waals surface area contributed by atoms with E-state index in [1.807, 2.05) is 12.1 Å². The standard InChI is InChI=1S/C19H18N4O4S/c1-22(28(2,26)27)17-13-4-3-7-21-16(13)18(24)15-14(17)11-23(19(15)25)10-12-5-8-20-9-6-12/h3-9,11,24-25H,10H2,1-2H3. The molecule has 28 heavy (non-hydrogen) atoms. The molecule has 0 fully saturated rings. The number of phenolic OH excluding ortho intramolecular Hbond substituents is 1. The van der Waals surface area contributed by atoms with Gasteiger partial charge in [-0.25, -0.2) is 8.42 Å². The van der Waals surface area contributed by atoms with Gasteiger partial charge in [0, 0.05) is 42.6 Å². The third kappa shape index (κ3) is 2.80. The molecule has 0 saturated carbocycles. The fourth-order valence-electron chi connectivity index (χ4n) is 3.32. The lowest BCUT2D eigenvalue weighted by molar-refractivity contribution is 0.425. The molecule has 4 aromatic rings. The molecule has 0 unspecified atom stereocenters. The van der Waals surface area contributed by atoms with Crippen molar-refractivity contribution in [2.75, 3.05) is 17.6 Å². The first-order valence-electron chi connectivity index (χ1n) is 8.43. The second kappa shape index (κ2) is 6.38. The predicted octanol–water partition coefficient (Wildman–Crippen LogP) is 2.44. The van der Waals surface area contributed by atoms with E-state index < -0.39 is 10.0 Å². The van der Waals surface area contributed by atoms with Crippen LogP contribution in [0.2, 0.25) is 0 Å². The molecule has 0 radical (unpaired) electrons. The lowest BCUT2D eigenvalue weighted by Crippen LogP contribution is -2.25. The van der Waals surface area contributed by atoms with E-state index in [-0.39, 0.29) is 22.5 Å². The summed E-state index contributed by atoms with van der Waals surface area (Å²) in [5, 5.41) is 22.6. The number of pyridine rings is 2. The molecule has 8 nitrogen and oxygen atoms in total. The number of phenols is 1.